The van der Waals surface area contributed by atoms with E-state index in [1.165, 1.54) is 35.7 Å². The third kappa shape index (κ3) is 2.26. The van der Waals surface area contributed by atoms with Crippen LogP contribution in [0, 0.1) is 0 Å². The minimum atomic E-state index is 0.707. The van der Waals surface area contributed by atoms with Gasteiger partial charge in [-0.05, 0) is 25.0 Å². The van der Waals surface area contributed by atoms with Crippen LogP contribution >= 0.6 is 23.1 Å². The summed E-state index contributed by atoms with van der Waals surface area (Å²) in [6, 6.07) is 0. The summed E-state index contributed by atoms with van der Waals surface area (Å²) in [6.07, 6.45) is 5.20. The second-order valence-corrected chi connectivity index (χ2v) is 5.59. The third-order valence-corrected chi connectivity index (χ3v) is 4.93. The number of nitrogens with zero attached hydrogens (tertiary/aromatic N) is 1. The number of hydrogen-bond donors (Lipinski definition) is 0. The zero-order chi connectivity index (χ0) is 9.10. The number of thioether (sulfide) groups is 1. The van der Waals surface area contributed by atoms with Crippen molar-refractivity contribution < 1.29 is 0 Å². The zero-order valence-corrected chi connectivity index (χ0v) is 9.59. The summed E-state index contributed by atoms with van der Waals surface area (Å²) in [5.74, 6) is 1.33. The molecule has 0 spiro atoms. The highest BCUT2D eigenvalue weighted by Gasteiger charge is 2.18. The molecule has 1 saturated heterocycles. The van der Waals surface area contributed by atoms with Crippen molar-refractivity contribution in [2.24, 2.45) is 0 Å². The van der Waals surface area contributed by atoms with Gasteiger partial charge in [0, 0.05) is 5.38 Å². The van der Waals surface area contributed by atoms with E-state index >= 15 is 0 Å². The van der Waals surface area contributed by atoms with E-state index in [1.54, 1.807) is 0 Å². The maximum Gasteiger partial charge on any atom is 0.106 e. The first-order chi connectivity index (χ1) is 6.40. The topological polar surface area (TPSA) is 12.9 Å². The van der Waals surface area contributed by atoms with Crippen LogP contribution in [0.5, 0.6) is 0 Å². The van der Waals surface area contributed by atoms with E-state index in [4.69, 9.17) is 0 Å². The maximum atomic E-state index is 4.65. The van der Waals surface area contributed by atoms with Crippen LogP contribution < -0.4 is 0 Å². The zero-order valence-electron chi connectivity index (χ0n) is 7.95. The molecule has 2 heterocycles. The van der Waals surface area contributed by atoms with Crippen LogP contribution in [0.2, 0.25) is 0 Å². The lowest BCUT2D eigenvalue weighted by atomic mass is 10.2. The van der Waals surface area contributed by atoms with Crippen molar-refractivity contribution in [3.8, 4) is 0 Å². The molecular formula is C10H15NS2. The average molecular weight is 213 g/mol. The number of rotatable bonds is 2. The Morgan fingerprint density at radius 1 is 1.54 bits per heavy atom. The summed E-state index contributed by atoms with van der Waals surface area (Å²) >= 11 is 3.94. The largest absolute Gasteiger partial charge is 0.245 e. The van der Waals surface area contributed by atoms with Crippen molar-refractivity contribution in [1.82, 2.24) is 4.98 Å². The predicted octanol–water partition coefficient (Wildman–Crippen LogP) is 3.66. The van der Waals surface area contributed by atoms with Gasteiger partial charge in [-0.2, -0.15) is 11.8 Å². The molecule has 13 heavy (non-hydrogen) atoms. The van der Waals surface area contributed by atoms with Crippen LogP contribution in [0.4, 0.5) is 0 Å². The van der Waals surface area contributed by atoms with Crippen LogP contribution in [-0.4, -0.2) is 10.7 Å². The molecule has 72 valence electrons. The minimum Gasteiger partial charge on any atom is -0.245 e. The molecule has 1 fully saturated rings. The summed E-state index contributed by atoms with van der Waals surface area (Å²) < 4.78 is 0. The highest BCUT2D eigenvalue weighted by Crippen LogP contribution is 2.39. The molecule has 1 atom stereocenters. The molecule has 0 N–H and O–H groups in total. The van der Waals surface area contributed by atoms with E-state index in [0.717, 1.165) is 6.42 Å². The summed E-state index contributed by atoms with van der Waals surface area (Å²) in [5, 5.41) is 4.28. The third-order valence-electron chi connectivity index (χ3n) is 2.39. The van der Waals surface area contributed by atoms with Crippen molar-refractivity contribution in [3.63, 3.8) is 0 Å². The SMILES string of the molecule is CCc1csc(C2CCCCS2)n1. The van der Waals surface area contributed by atoms with Gasteiger partial charge in [-0.1, -0.05) is 13.3 Å². The normalized spacial score (nSPS) is 23.3. The maximum absolute atomic E-state index is 4.65. The molecule has 2 rings (SSSR count). The average Bonchev–Trinajstić information content (AvgIpc) is 2.67. The molecule has 0 bridgehead atoms. The Labute approximate surface area is 88.0 Å². The van der Waals surface area contributed by atoms with Crippen molar-refractivity contribution in [3.05, 3.63) is 16.1 Å². The van der Waals surface area contributed by atoms with E-state index in [0.29, 0.717) is 5.25 Å². The van der Waals surface area contributed by atoms with Gasteiger partial charge in [-0.3, -0.25) is 0 Å². The molecule has 0 amide bonds. The Morgan fingerprint density at radius 3 is 3.08 bits per heavy atom. The van der Waals surface area contributed by atoms with Crippen molar-refractivity contribution in [2.45, 2.75) is 37.9 Å². The fraction of sp³-hybridized carbons (Fsp3) is 0.700. The highest BCUT2D eigenvalue weighted by atomic mass is 32.2. The van der Waals surface area contributed by atoms with Gasteiger partial charge in [-0.15, -0.1) is 11.3 Å². The van der Waals surface area contributed by atoms with Gasteiger partial charge in [0.15, 0.2) is 0 Å². The predicted molar refractivity (Wildman–Crippen MR) is 60.5 cm³/mol. The summed E-state index contributed by atoms with van der Waals surface area (Å²) in [5.41, 5.74) is 1.27. The molecule has 1 unspecified atom stereocenters. The van der Waals surface area contributed by atoms with Gasteiger partial charge < -0.3 is 0 Å². The van der Waals surface area contributed by atoms with Crippen LogP contribution in [0.15, 0.2) is 5.38 Å². The number of aromatic nitrogens is 1. The molecule has 0 saturated carbocycles. The Bertz CT molecular complexity index is 264. The Morgan fingerprint density at radius 2 is 2.46 bits per heavy atom. The first-order valence-corrected chi connectivity index (χ1v) is 6.89. The van der Waals surface area contributed by atoms with Gasteiger partial charge >= 0.3 is 0 Å². The van der Waals surface area contributed by atoms with Crippen LogP contribution in [-0.2, 0) is 6.42 Å². The van der Waals surface area contributed by atoms with E-state index in [-0.39, 0.29) is 0 Å². The summed E-state index contributed by atoms with van der Waals surface area (Å²) in [4.78, 5) is 4.65. The van der Waals surface area contributed by atoms with E-state index in [2.05, 4.69) is 29.0 Å². The van der Waals surface area contributed by atoms with E-state index in [1.807, 2.05) is 11.3 Å². The molecule has 1 aliphatic heterocycles. The lowest BCUT2D eigenvalue weighted by Gasteiger charge is -2.18. The van der Waals surface area contributed by atoms with Gasteiger partial charge in [0.1, 0.15) is 5.01 Å². The second-order valence-electron chi connectivity index (χ2n) is 3.39. The Balaban J connectivity index is 2.05. The second kappa shape index (κ2) is 4.47. The molecule has 1 aromatic heterocycles. The van der Waals surface area contributed by atoms with Gasteiger partial charge in [0.05, 0.1) is 10.9 Å². The van der Waals surface area contributed by atoms with Crippen LogP contribution in [0.1, 0.15) is 42.1 Å². The minimum absolute atomic E-state index is 0.707. The lowest BCUT2D eigenvalue weighted by Crippen LogP contribution is -2.01. The van der Waals surface area contributed by atoms with Crippen molar-refractivity contribution >= 4 is 23.1 Å². The fourth-order valence-corrected chi connectivity index (χ4v) is 4.04. The summed E-state index contributed by atoms with van der Waals surface area (Å²) in [7, 11) is 0. The molecule has 0 aromatic carbocycles. The highest BCUT2D eigenvalue weighted by molar-refractivity contribution is 7.99. The molecule has 3 heteroatoms. The van der Waals surface area contributed by atoms with Gasteiger partial charge in [0.2, 0.25) is 0 Å². The quantitative estimate of drug-likeness (QED) is 0.743. The Kier molecular flexibility index (Phi) is 3.28. The number of aryl methyl sites for hydroxylation is 1. The molecule has 1 nitrogen and oxygen atoms in total. The molecule has 0 radical (unpaired) electrons. The first-order valence-electron chi connectivity index (χ1n) is 4.96. The monoisotopic (exact) mass is 213 g/mol. The van der Waals surface area contributed by atoms with Crippen LogP contribution in [0.25, 0.3) is 0 Å². The van der Waals surface area contributed by atoms with Crippen molar-refractivity contribution in [1.29, 1.82) is 0 Å². The fourth-order valence-electron chi connectivity index (χ4n) is 1.57. The number of hydrogen-bond acceptors (Lipinski definition) is 3. The van der Waals surface area contributed by atoms with E-state index < -0.39 is 0 Å². The number of thiazole rings is 1. The molecule has 1 aromatic rings. The smallest absolute Gasteiger partial charge is 0.106 e. The Hall–Kier alpha value is -0.0200. The standard InChI is InChI=1S/C10H15NS2/c1-2-8-7-13-10(11-8)9-5-3-4-6-12-9/h7,9H,2-6H2,1H3. The lowest BCUT2D eigenvalue weighted by molar-refractivity contribution is 0.682. The molecule has 1 aliphatic rings. The van der Waals surface area contributed by atoms with Crippen LogP contribution in [0.3, 0.4) is 0 Å². The molecular weight excluding hydrogens is 198 g/mol. The van der Waals surface area contributed by atoms with E-state index in [9.17, 15) is 0 Å². The van der Waals surface area contributed by atoms with Gasteiger partial charge in [-0.25, -0.2) is 4.98 Å². The van der Waals surface area contributed by atoms with Gasteiger partial charge in [0.25, 0.3) is 0 Å². The summed E-state index contributed by atoms with van der Waals surface area (Å²) in [6.45, 7) is 2.17. The van der Waals surface area contributed by atoms with Crippen molar-refractivity contribution in [2.75, 3.05) is 5.75 Å². The molecule has 0 aliphatic carbocycles. The first kappa shape index (κ1) is 9.53.